The molecule has 22 heavy (non-hydrogen) atoms. The Balaban J connectivity index is 1.70. The van der Waals surface area contributed by atoms with E-state index in [1.807, 2.05) is 60.6 Å². The number of benzene rings is 2. The number of pyridine rings is 1. The first-order chi connectivity index (χ1) is 10.9. The van der Waals surface area contributed by atoms with Crippen LogP contribution < -0.4 is 4.65 Å². The number of fused-ring (bicyclic) bond motifs is 1. The van der Waals surface area contributed by atoms with Crippen LogP contribution >= 0.6 is 0 Å². The van der Waals surface area contributed by atoms with Crippen LogP contribution in [0.25, 0.3) is 17.0 Å². The Kier molecular flexibility index (Phi) is 4.17. The molecule has 0 saturated heterocycles. The van der Waals surface area contributed by atoms with Crippen molar-refractivity contribution in [1.82, 2.24) is 4.98 Å². The highest BCUT2D eigenvalue weighted by Gasteiger charge is 2.01. The van der Waals surface area contributed by atoms with Gasteiger partial charge in [-0.25, -0.2) is 0 Å². The van der Waals surface area contributed by atoms with Gasteiger partial charge in [0.2, 0.25) is 0 Å². The molecule has 0 fully saturated rings. The van der Waals surface area contributed by atoms with Crippen LogP contribution in [0.15, 0.2) is 66.8 Å². The normalized spacial score (nSPS) is 10.5. The minimum Gasteiger partial charge on any atom is -0.558 e. The lowest BCUT2D eigenvalue weighted by molar-refractivity contribution is 0.610. The fourth-order valence-electron chi connectivity index (χ4n) is 2.23. The molecular formula is C18H13BN2O. The maximum atomic E-state index is 8.88. The van der Waals surface area contributed by atoms with Gasteiger partial charge in [0.1, 0.15) is 11.3 Å². The van der Waals surface area contributed by atoms with Gasteiger partial charge in [-0.1, -0.05) is 42.4 Å². The zero-order chi connectivity index (χ0) is 15.2. The molecule has 1 aromatic heterocycles. The minimum absolute atomic E-state index is 0.451. The summed E-state index contributed by atoms with van der Waals surface area (Å²) < 4.78 is 5.78. The summed E-state index contributed by atoms with van der Waals surface area (Å²) in [5.41, 5.74) is 2.50. The zero-order valence-electron chi connectivity index (χ0n) is 11.9. The van der Waals surface area contributed by atoms with E-state index in [-0.39, 0.29) is 0 Å². The molecule has 0 aliphatic rings. The van der Waals surface area contributed by atoms with Crippen LogP contribution in [0.5, 0.6) is 5.75 Å². The van der Waals surface area contributed by atoms with Crippen LogP contribution in [0.3, 0.4) is 0 Å². The Labute approximate surface area is 129 Å². The average molecular weight is 284 g/mol. The Morgan fingerprint density at radius 1 is 1.09 bits per heavy atom. The summed E-state index contributed by atoms with van der Waals surface area (Å²) in [5, 5.41) is 9.94. The Bertz CT molecular complexity index is 863. The lowest BCUT2D eigenvalue weighted by atomic mass is 9.98. The van der Waals surface area contributed by atoms with Gasteiger partial charge in [-0.2, -0.15) is 5.26 Å². The van der Waals surface area contributed by atoms with Gasteiger partial charge in [-0.15, -0.1) is 0 Å². The van der Waals surface area contributed by atoms with Gasteiger partial charge in [0, 0.05) is 11.6 Å². The third kappa shape index (κ3) is 3.16. The third-order valence-corrected chi connectivity index (χ3v) is 3.26. The van der Waals surface area contributed by atoms with E-state index in [2.05, 4.69) is 11.1 Å². The first kappa shape index (κ1) is 13.9. The number of para-hydroxylation sites is 1. The van der Waals surface area contributed by atoms with Crippen LogP contribution in [-0.2, 0) is 0 Å². The summed E-state index contributed by atoms with van der Waals surface area (Å²) in [6, 6.07) is 19.4. The van der Waals surface area contributed by atoms with Crippen molar-refractivity contribution >= 4 is 24.5 Å². The van der Waals surface area contributed by atoms with Crippen molar-refractivity contribution in [2.45, 2.75) is 0 Å². The molecule has 0 unspecified atom stereocenters. The van der Waals surface area contributed by atoms with Gasteiger partial charge in [-0.05, 0) is 29.8 Å². The maximum Gasteiger partial charge on any atom is 0.366 e. The summed E-state index contributed by atoms with van der Waals surface area (Å²) in [6.07, 6.45) is 3.71. The van der Waals surface area contributed by atoms with Crippen LogP contribution in [0.1, 0.15) is 11.1 Å². The smallest absolute Gasteiger partial charge is 0.366 e. The third-order valence-electron chi connectivity index (χ3n) is 3.26. The summed E-state index contributed by atoms with van der Waals surface area (Å²) in [7, 11) is 0.451. The van der Waals surface area contributed by atoms with E-state index in [1.54, 1.807) is 12.3 Å². The second-order valence-corrected chi connectivity index (χ2v) is 4.78. The van der Waals surface area contributed by atoms with Crippen molar-refractivity contribution < 1.29 is 4.65 Å². The molecule has 3 nitrogen and oxygen atoms in total. The Morgan fingerprint density at radius 2 is 1.95 bits per heavy atom. The summed E-state index contributed by atoms with van der Waals surface area (Å²) in [6.45, 7) is 0. The van der Waals surface area contributed by atoms with Crippen LogP contribution in [-0.4, -0.2) is 12.5 Å². The van der Waals surface area contributed by atoms with Crippen LogP contribution in [0, 0.1) is 11.3 Å². The topological polar surface area (TPSA) is 45.9 Å². The molecule has 2 aromatic carbocycles. The molecule has 3 rings (SSSR count). The molecular weight excluding hydrogens is 271 g/mol. The highest BCUT2D eigenvalue weighted by Crippen LogP contribution is 2.22. The van der Waals surface area contributed by atoms with Crippen LogP contribution in [0.4, 0.5) is 0 Å². The van der Waals surface area contributed by atoms with E-state index >= 15 is 0 Å². The van der Waals surface area contributed by atoms with E-state index < -0.39 is 0 Å². The Hall–Kier alpha value is -3.06. The molecule has 104 valence electrons. The number of nitrogens with zero attached hydrogens (tertiary/aromatic N) is 2. The van der Waals surface area contributed by atoms with Gasteiger partial charge in [0.15, 0.2) is 0 Å². The fourth-order valence-corrected chi connectivity index (χ4v) is 2.23. The average Bonchev–Trinajstić information content (AvgIpc) is 2.59. The molecule has 0 N–H and O–H groups in total. The van der Waals surface area contributed by atoms with E-state index in [4.69, 9.17) is 9.92 Å². The first-order valence-electron chi connectivity index (χ1n) is 7.00. The molecule has 0 amide bonds. The van der Waals surface area contributed by atoms with Gasteiger partial charge < -0.3 is 4.65 Å². The van der Waals surface area contributed by atoms with Crippen molar-refractivity contribution in [3.63, 3.8) is 0 Å². The predicted molar refractivity (Wildman–Crippen MR) is 89.7 cm³/mol. The number of hydrogen-bond donors (Lipinski definition) is 0. The molecule has 3 aromatic rings. The van der Waals surface area contributed by atoms with Gasteiger partial charge >= 0.3 is 7.48 Å². The Morgan fingerprint density at radius 3 is 2.86 bits per heavy atom. The van der Waals surface area contributed by atoms with Crippen molar-refractivity contribution in [1.29, 1.82) is 5.26 Å². The molecule has 0 bridgehead atoms. The highest BCUT2D eigenvalue weighted by molar-refractivity contribution is 6.37. The largest absolute Gasteiger partial charge is 0.558 e. The molecule has 0 saturated carbocycles. The second-order valence-electron chi connectivity index (χ2n) is 4.78. The van der Waals surface area contributed by atoms with Crippen molar-refractivity contribution in [2.75, 3.05) is 0 Å². The first-order valence-corrected chi connectivity index (χ1v) is 7.00. The maximum absolute atomic E-state index is 8.88. The van der Waals surface area contributed by atoms with E-state index in [1.165, 1.54) is 0 Å². The van der Waals surface area contributed by atoms with Crippen LogP contribution in [0.2, 0.25) is 0 Å². The van der Waals surface area contributed by atoms with E-state index in [0.29, 0.717) is 13.0 Å². The van der Waals surface area contributed by atoms with Crippen molar-refractivity contribution in [3.8, 4) is 11.8 Å². The molecule has 0 aliphatic carbocycles. The molecule has 1 heterocycles. The van der Waals surface area contributed by atoms with E-state index in [9.17, 15) is 0 Å². The number of aromatic nitrogens is 1. The standard InChI is InChI=1S/C18H13BN2O/c20-13-15-5-1-4-14(12-15)9-10-19-22-17-8-2-6-16-7-3-11-21-18(16)17/h1-12,19H. The lowest BCUT2D eigenvalue weighted by Crippen LogP contribution is -1.99. The predicted octanol–water partition coefficient (Wildman–Crippen LogP) is 3.51. The summed E-state index contributed by atoms with van der Waals surface area (Å²) in [4.78, 5) is 4.36. The monoisotopic (exact) mass is 284 g/mol. The second kappa shape index (κ2) is 6.60. The van der Waals surface area contributed by atoms with Gasteiger partial charge in [0.25, 0.3) is 0 Å². The molecule has 4 heteroatoms. The SMILES string of the molecule is N#Cc1cccc(C=CBOc2cccc3cccnc23)c1. The number of hydrogen-bond acceptors (Lipinski definition) is 3. The molecule has 0 spiro atoms. The van der Waals surface area contributed by atoms with Gasteiger partial charge in [0.05, 0.1) is 11.6 Å². The summed E-state index contributed by atoms with van der Waals surface area (Å²) in [5.74, 6) is 2.70. The quantitative estimate of drug-likeness (QED) is 0.689. The molecule has 0 aliphatic heterocycles. The highest BCUT2D eigenvalue weighted by atomic mass is 16.4. The van der Waals surface area contributed by atoms with E-state index in [0.717, 1.165) is 22.2 Å². The summed E-state index contributed by atoms with van der Waals surface area (Å²) >= 11 is 0. The number of rotatable bonds is 4. The van der Waals surface area contributed by atoms with Gasteiger partial charge in [-0.3, -0.25) is 4.98 Å². The van der Waals surface area contributed by atoms with Crippen molar-refractivity contribution in [2.24, 2.45) is 0 Å². The van der Waals surface area contributed by atoms with Crippen molar-refractivity contribution in [3.05, 3.63) is 77.9 Å². The number of nitriles is 1. The minimum atomic E-state index is 0.451. The zero-order valence-corrected chi connectivity index (χ0v) is 11.9. The molecule has 0 atom stereocenters. The lowest BCUT2D eigenvalue weighted by Gasteiger charge is -2.06. The fraction of sp³-hybridized carbons (Fsp3) is 0. The molecule has 0 radical (unpaired) electrons.